The summed E-state index contributed by atoms with van der Waals surface area (Å²) >= 11 is 0. The van der Waals surface area contributed by atoms with Gasteiger partial charge in [-0.2, -0.15) is 0 Å². The van der Waals surface area contributed by atoms with Crippen LogP contribution in [0.2, 0.25) is 0 Å². The molecule has 0 spiro atoms. The molecule has 0 aromatic carbocycles. The first kappa shape index (κ1) is 10.5. The largest absolute Gasteiger partial charge is 0.507 e. The molecule has 1 rings (SSSR count). The number of methoxy groups -OCH3 is 1. The molecule has 1 N–H and O–H groups in total. The van der Waals surface area contributed by atoms with Crippen molar-refractivity contribution in [1.29, 1.82) is 0 Å². The molecular weight excluding hydrogens is 184 g/mol. The summed E-state index contributed by atoms with van der Waals surface area (Å²) in [6.07, 6.45) is 0.166. The fraction of sp³-hybridized carbons (Fsp3) is 0.400. The number of hydrogen-bond acceptors (Lipinski definition) is 4. The molecule has 0 atom stereocenters. The van der Waals surface area contributed by atoms with Gasteiger partial charge in [0.15, 0.2) is 5.78 Å². The van der Waals surface area contributed by atoms with Gasteiger partial charge in [0.2, 0.25) is 0 Å². The van der Waals surface area contributed by atoms with Crippen LogP contribution in [0.3, 0.4) is 0 Å². The summed E-state index contributed by atoms with van der Waals surface area (Å²) in [6, 6.07) is 0. The first-order chi connectivity index (χ1) is 6.49. The van der Waals surface area contributed by atoms with Crippen LogP contribution < -0.4 is 0 Å². The zero-order valence-corrected chi connectivity index (χ0v) is 8.38. The van der Waals surface area contributed by atoms with Crippen LogP contribution in [0, 0.1) is 0 Å². The Kier molecular flexibility index (Phi) is 2.74. The minimum absolute atomic E-state index is 0.0853. The summed E-state index contributed by atoms with van der Waals surface area (Å²) in [5.74, 6) is -0.802. The highest BCUT2D eigenvalue weighted by Gasteiger charge is 2.28. The SMILES string of the molecule is COC(=O)C1=C(C)C(O)=C(C(C)=O)C1. The van der Waals surface area contributed by atoms with Gasteiger partial charge in [-0.15, -0.1) is 0 Å². The first-order valence-corrected chi connectivity index (χ1v) is 4.20. The monoisotopic (exact) mass is 196 g/mol. The van der Waals surface area contributed by atoms with Crippen molar-refractivity contribution in [3.05, 3.63) is 22.5 Å². The minimum Gasteiger partial charge on any atom is -0.507 e. The molecule has 0 saturated carbocycles. The van der Waals surface area contributed by atoms with Crippen LogP contribution in [0.5, 0.6) is 0 Å². The molecule has 0 aliphatic heterocycles. The van der Waals surface area contributed by atoms with E-state index in [1.165, 1.54) is 14.0 Å². The number of carbonyl (C=O) groups excluding carboxylic acids is 2. The highest BCUT2D eigenvalue weighted by Crippen LogP contribution is 2.31. The summed E-state index contributed by atoms with van der Waals surface area (Å²) in [6.45, 7) is 2.95. The predicted octanol–water partition coefficient (Wildman–Crippen LogP) is 1.28. The third-order valence-corrected chi connectivity index (χ3v) is 2.30. The third-order valence-electron chi connectivity index (χ3n) is 2.30. The lowest BCUT2D eigenvalue weighted by atomic mass is 10.1. The van der Waals surface area contributed by atoms with Crippen LogP contribution >= 0.6 is 0 Å². The smallest absolute Gasteiger partial charge is 0.334 e. The number of Topliss-reactive ketones (excluding diaryl/α,β-unsaturated/α-hetero) is 1. The van der Waals surface area contributed by atoms with E-state index < -0.39 is 5.97 Å². The zero-order chi connectivity index (χ0) is 10.9. The molecule has 1 aliphatic rings. The van der Waals surface area contributed by atoms with Crippen molar-refractivity contribution in [2.75, 3.05) is 7.11 Å². The molecule has 4 heteroatoms. The molecule has 1 aliphatic carbocycles. The lowest BCUT2D eigenvalue weighted by Gasteiger charge is -2.00. The van der Waals surface area contributed by atoms with Gasteiger partial charge in [-0.1, -0.05) is 0 Å². The molecule has 0 unspecified atom stereocenters. The van der Waals surface area contributed by atoms with Gasteiger partial charge in [0.1, 0.15) is 5.76 Å². The summed E-state index contributed by atoms with van der Waals surface area (Å²) in [5.41, 5.74) is 1.07. The van der Waals surface area contributed by atoms with Gasteiger partial charge in [-0.3, -0.25) is 4.79 Å². The summed E-state index contributed by atoms with van der Waals surface area (Å²) in [7, 11) is 1.27. The van der Waals surface area contributed by atoms with Crippen LogP contribution in [0.1, 0.15) is 20.3 Å². The lowest BCUT2D eigenvalue weighted by Crippen LogP contribution is -2.05. The molecule has 0 aromatic heterocycles. The molecule has 0 saturated heterocycles. The fourth-order valence-electron chi connectivity index (χ4n) is 1.40. The number of rotatable bonds is 2. The molecule has 76 valence electrons. The van der Waals surface area contributed by atoms with Crippen molar-refractivity contribution in [3.63, 3.8) is 0 Å². The van der Waals surface area contributed by atoms with E-state index in [0.717, 1.165) is 0 Å². The van der Waals surface area contributed by atoms with Crippen molar-refractivity contribution in [2.45, 2.75) is 20.3 Å². The number of esters is 1. The van der Waals surface area contributed by atoms with Gasteiger partial charge in [0.25, 0.3) is 0 Å². The van der Waals surface area contributed by atoms with Gasteiger partial charge in [-0.05, 0) is 13.8 Å². The standard InChI is InChI=1S/C10H12O4/c1-5-7(10(13)14-3)4-8(6(2)11)9(5)12/h12H,4H2,1-3H3. The van der Waals surface area contributed by atoms with Crippen LogP contribution in [-0.2, 0) is 14.3 Å². The van der Waals surface area contributed by atoms with Gasteiger partial charge >= 0.3 is 5.97 Å². The van der Waals surface area contributed by atoms with E-state index in [0.29, 0.717) is 11.1 Å². The molecule has 0 aromatic rings. The Morgan fingerprint density at radius 3 is 2.29 bits per heavy atom. The second-order valence-corrected chi connectivity index (χ2v) is 3.16. The highest BCUT2D eigenvalue weighted by molar-refractivity contribution is 6.01. The summed E-state index contributed by atoms with van der Waals surface area (Å²) in [4.78, 5) is 22.3. The van der Waals surface area contributed by atoms with Gasteiger partial charge in [0.05, 0.1) is 7.11 Å². The molecule has 0 amide bonds. The van der Waals surface area contributed by atoms with Gasteiger partial charge in [0, 0.05) is 23.1 Å². The molecule has 0 bridgehead atoms. The van der Waals surface area contributed by atoms with E-state index in [-0.39, 0.29) is 23.5 Å². The molecule has 0 heterocycles. The Bertz CT molecular complexity index is 360. The van der Waals surface area contributed by atoms with Gasteiger partial charge < -0.3 is 9.84 Å². The lowest BCUT2D eigenvalue weighted by molar-refractivity contribution is -0.136. The predicted molar refractivity (Wildman–Crippen MR) is 49.7 cm³/mol. The Morgan fingerprint density at radius 1 is 1.36 bits per heavy atom. The number of allylic oxidation sites excluding steroid dienone is 2. The molecule has 0 radical (unpaired) electrons. The van der Waals surface area contributed by atoms with E-state index >= 15 is 0 Å². The van der Waals surface area contributed by atoms with E-state index in [9.17, 15) is 14.7 Å². The van der Waals surface area contributed by atoms with Crippen molar-refractivity contribution in [2.24, 2.45) is 0 Å². The van der Waals surface area contributed by atoms with Crippen molar-refractivity contribution >= 4 is 11.8 Å². The first-order valence-electron chi connectivity index (χ1n) is 4.20. The van der Waals surface area contributed by atoms with Crippen molar-refractivity contribution in [3.8, 4) is 0 Å². The van der Waals surface area contributed by atoms with Crippen LogP contribution in [0.4, 0.5) is 0 Å². The van der Waals surface area contributed by atoms with Gasteiger partial charge in [-0.25, -0.2) is 4.79 Å². The second-order valence-electron chi connectivity index (χ2n) is 3.16. The zero-order valence-electron chi connectivity index (χ0n) is 8.38. The Hall–Kier alpha value is -1.58. The second kappa shape index (κ2) is 3.65. The van der Waals surface area contributed by atoms with E-state index in [2.05, 4.69) is 4.74 Å². The normalized spacial score (nSPS) is 16.2. The summed E-state index contributed by atoms with van der Waals surface area (Å²) < 4.78 is 4.54. The van der Waals surface area contributed by atoms with Crippen molar-refractivity contribution < 1.29 is 19.4 Å². The number of aliphatic hydroxyl groups excluding tert-OH is 1. The molecule has 4 nitrogen and oxygen atoms in total. The van der Waals surface area contributed by atoms with Crippen LogP contribution in [-0.4, -0.2) is 24.0 Å². The minimum atomic E-state index is -0.495. The maximum Gasteiger partial charge on any atom is 0.334 e. The number of ketones is 1. The molecular formula is C10H12O4. The van der Waals surface area contributed by atoms with E-state index in [1.54, 1.807) is 6.92 Å². The average Bonchev–Trinajstić information content (AvgIpc) is 2.43. The number of ether oxygens (including phenoxy) is 1. The highest BCUT2D eigenvalue weighted by atomic mass is 16.5. The molecule has 0 fully saturated rings. The van der Waals surface area contributed by atoms with Crippen LogP contribution in [0.15, 0.2) is 22.5 Å². The van der Waals surface area contributed by atoms with E-state index in [1.807, 2.05) is 0 Å². The quantitative estimate of drug-likeness (QED) is 0.676. The summed E-state index contributed by atoms with van der Waals surface area (Å²) in [5, 5.41) is 9.54. The third kappa shape index (κ3) is 1.55. The Morgan fingerprint density at radius 2 is 1.93 bits per heavy atom. The number of carbonyl (C=O) groups is 2. The van der Waals surface area contributed by atoms with E-state index in [4.69, 9.17) is 0 Å². The van der Waals surface area contributed by atoms with Crippen LogP contribution in [0.25, 0.3) is 0 Å². The topological polar surface area (TPSA) is 63.6 Å². The van der Waals surface area contributed by atoms with Crippen molar-refractivity contribution in [1.82, 2.24) is 0 Å². The molecule has 14 heavy (non-hydrogen) atoms. The fourth-order valence-corrected chi connectivity index (χ4v) is 1.40. The Balaban J connectivity index is 3.02. The number of hydrogen-bond donors (Lipinski definition) is 1. The Labute approximate surface area is 81.9 Å². The average molecular weight is 196 g/mol. The number of aliphatic hydroxyl groups is 1. The maximum atomic E-state index is 11.2. The maximum absolute atomic E-state index is 11.2.